The second kappa shape index (κ2) is 4.50. The first kappa shape index (κ1) is 13.8. The van der Waals surface area contributed by atoms with Gasteiger partial charge in [0.05, 0.1) is 16.4 Å². The molecule has 6 rings (SSSR count). The molecule has 120 valence electrons. The first-order valence-electron chi connectivity index (χ1n) is 8.49. The number of rotatable bonds is 1. The summed E-state index contributed by atoms with van der Waals surface area (Å²) in [7, 11) is 0. The van der Waals surface area contributed by atoms with Crippen molar-refractivity contribution in [1.29, 1.82) is 0 Å². The normalized spacial score (nSPS) is 35.1. The summed E-state index contributed by atoms with van der Waals surface area (Å²) in [6.07, 6.45) is 6.79. The maximum atomic E-state index is 13.1. The third-order valence-electron chi connectivity index (χ3n) is 6.34. The van der Waals surface area contributed by atoms with Crippen LogP contribution in [0.4, 0.5) is 0 Å². The van der Waals surface area contributed by atoms with E-state index in [1.54, 1.807) is 22.8 Å². The minimum absolute atomic E-state index is 0.173. The Morgan fingerprint density at radius 3 is 2.26 bits per heavy atom. The lowest BCUT2D eigenvalue weighted by molar-refractivity contribution is -0.0467. The molecule has 0 radical (unpaired) electrons. The van der Waals surface area contributed by atoms with Gasteiger partial charge in [-0.1, -0.05) is 11.6 Å². The average Bonchev–Trinajstić information content (AvgIpc) is 2.46. The molecule has 0 spiro atoms. The van der Waals surface area contributed by atoms with Gasteiger partial charge in [-0.05, 0) is 74.5 Å². The molecule has 1 heterocycles. The van der Waals surface area contributed by atoms with Crippen molar-refractivity contribution < 1.29 is 0 Å². The number of nitrogens with one attached hydrogen (secondary N) is 1. The lowest BCUT2D eigenvalue weighted by atomic mass is 9.53. The van der Waals surface area contributed by atoms with Crippen LogP contribution in [0, 0.1) is 17.8 Å². The molecular formula is C18H19ClN2O2. The largest absolute Gasteiger partial charge is 0.329 e. The van der Waals surface area contributed by atoms with E-state index in [0.717, 1.165) is 19.3 Å². The summed E-state index contributed by atoms with van der Waals surface area (Å²) in [6.45, 7) is 0. The molecule has 4 aliphatic carbocycles. The molecule has 2 aromatic rings. The summed E-state index contributed by atoms with van der Waals surface area (Å²) in [6, 6.07) is 5.09. The van der Waals surface area contributed by atoms with Gasteiger partial charge in [0.1, 0.15) is 0 Å². The van der Waals surface area contributed by atoms with Crippen LogP contribution in [-0.2, 0) is 5.54 Å². The van der Waals surface area contributed by atoms with Crippen molar-refractivity contribution in [3.05, 3.63) is 44.1 Å². The van der Waals surface area contributed by atoms with Gasteiger partial charge in [0.15, 0.2) is 0 Å². The Labute approximate surface area is 138 Å². The predicted octanol–water partition coefficient (Wildman–Crippen LogP) is 3.27. The first-order chi connectivity index (χ1) is 11.0. The van der Waals surface area contributed by atoms with Crippen LogP contribution in [0.2, 0.25) is 5.02 Å². The molecule has 4 saturated carbocycles. The second-order valence-corrected chi connectivity index (χ2v) is 8.34. The second-order valence-electron chi connectivity index (χ2n) is 7.90. The molecule has 1 aromatic carbocycles. The summed E-state index contributed by atoms with van der Waals surface area (Å²) < 4.78 is 1.55. The van der Waals surface area contributed by atoms with Gasteiger partial charge in [-0.25, -0.2) is 4.79 Å². The van der Waals surface area contributed by atoms with Crippen molar-refractivity contribution >= 4 is 22.5 Å². The highest BCUT2D eigenvalue weighted by Gasteiger charge is 2.53. The van der Waals surface area contributed by atoms with E-state index in [4.69, 9.17) is 11.6 Å². The number of aromatic nitrogens is 2. The van der Waals surface area contributed by atoms with Crippen LogP contribution in [0.5, 0.6) is 0 Å². The number of fused-ring (bicyclic) bond motifs is 1. The molecule has 4 fully saturated rings. The maximum Gasteiger partial charge on any atom is 0.329 e. The molecular weight excluding hydrogens is 312 g/mol. The average molecular weight is 331 g/mol. The van der Waals surface area contributed by atoms with Crippen molar-refractivity contribution in [3.8, 4) is 0 Å². The van der Waals surface area contributed by atoms with E-state index in [2.05, 4.69) is 4.98 Å². The van der Waals surface area contributed by atoms with Gasteiger partial charge < -0.3 is 4.98 Å². The van der Waals surface area contributed by atoms with Gasteiger partial charge in [0.25, 0.3) is 5.56 Å². The van der Waals surface area contributed by atoms with Crippen LogP contribution >= 0.6 is 11.6 Å². The topological polar surface area (TPSA) is 54.9 Å². The summed E-state index contributed by atoms with van der Waals surface area (Å²) >= 11 is 6.06. The SMILES string of the molecule is O=c1[nH]c2ccc(Cl)cc2c(=O)n1C12CC3CC(CC(C3)C1)C2. The number of halogens is 1. The number of benzene rings is 1. The molecule has 0 saturated heterocycles. The van der Waals surface area contributed by atoms with Gasteiger partial charge in [0.2, 0.25) is 0 Å². The molecule has 0 amide bonds. The van der Waals surface area contributed by atoms with Crippen molar-refractivity contribution in [2.45, 2.75) is 44.1 Å². The lowest BCUT2D eigenvalue weighted by Gasteiger charge is -2.56. The Kier molecular flexibility index (Phi) is 2.71. The van der Waals surface area contributed by atoms with Crippen LogP contribution in [0.15, 0.2) is 27.8 Å². The van der Waals surface area contributed by atoms with Crippen molar-refractivity contribution in [1.82, 2.24) is 9.55 Å². The van der Waals surface area contributed by atoms with E-state index in [1.807, 2.05) is 0 Å². The van der Waals surface area contributed by atoms with Gasteiger partial charge in [-0.15, -0.1) is 0 Å². The van der Waals surface area contributed by atoms with Crippen LogP contribution in [0.25, 0.3) is 10.9 Å². The zero-order chi connectivity index (χ0) is 15.8. The highest BCUT2D eigenvalue weighted by Crippen LogP contribution is 2.58. The minimum Gasteiger partial charge on any atom is -0.307 e. The Morgan fingerprint density at radius 1 is 1.04 bits per heavy atom. The van der Waals surface area contributed by atoms with E-state index < -0.39 is 0 Å². The highest BCUT2D eigenvalue weighted by atomic mass is 35.5. The molecule has 4 nitrogen and oxygen atoms in total. The van der Waals surface area contributed by atoms with E-state index >= 15 is 0 Å². The van der Waals surface area contributed by atoms with Crippen LogP contribution in [0.3, 0.4) is 0 Å². The maximum absolute atomic E-state index is 13.1. The zero-order valence-electron chi connectivity index (χ0n) is 12.8. The van der Waals surface area contributed by atoms with E-state index in [1.165, 1.54) is 19.3 Å². The fourth-order valence-corrected chi connectivity index (χ4v) is 6.13. The van der Waals surface area contributed by atoms with E-state index in [-0.39, 0.29) is 16.8 Å². The molecule has 4 bridgehead atoms. The lowest BCUT2D eigenvalue weighted by Crippen LogP contribution is -2.58. The first-order valence-corrected chi connectivity index (χ1v) is 8.87. The van der Waals surface area contributed by atoms with Gasteiger partial charge in [-0.2, -0.15) is 0 Å². The van der Waals surface area contributed by atoms with Crippen LogP contribution in [0.1, 0.15) is 38.5 Å². The Morgan fingerprint density at radius 2 is 1.65 bits per heavy atom. The van der Waals surface area contributed by atoms with E-state index in [9.17, 15) is 9.59 Å². The van der Waals surface area contributed by atoms with Crippen molar-refractivity contribution in [2.75, 3.05) is 0 Å². The number of H-pyrrole nitrogens is 1. The number of aromatic amines is 1. The molecule has 4 aliphatic rings. The summed E-state index contributed by atoms with van der Waals surface area (Å²) in [5.41, 5.74) is -0.124. The molecule has 23 heavy (non-hydrogen) atoms. The summed E-state index contributed by atoms with van der Waals surface area (Å²) in [5.74, 6) is 2.05. The fraction of sp³-hybridized carbons (Fsp3) is 0.556. The number of nitrogens with zero attached hydrogens (tertiary/aromatic N) is 1. The minimum atomic E-state index is -0.268. The zero-order valence-corrected chi connectivity index (χ0v) is 13.6. The predicted molar refractivity (Wildman–Crippen MR) is 90.0 cm³/mol. The van der Waals surface area contributed by atoms with Gasteiger partial charge in [-0.3, -0.25) is 9.36 Å². The number of hydrogen-bond acceptors (Lipinski definition) is 2. The number of hydrogen-bond donors (Lipinski definition) is 1. The van der Waals surface area contributed by atoms with Crippen LogP contribution in [-0.4, -0.2) is 9.55 Å². The van der Waals surface area contributed by atoms with Gasteiger partial charge >= 0.3 is 5.69 Å². The Bertz CT molecular complexity index is 891. The molecule has 0 unspecified atom stereocenters. The monoisotopic (exact) mass is 330 g/mol. The molecule has 1 aromatic heterocycles. The fourth-order valence-electron chi connectivity index (χ4n) is 5.96. The summed E-state index contributed by atoms with van der Waals surface area (Å²) in [5, 5.41) is 1.05. The smallest absolute Gasteiger partial charge is 0.307 e. The van der Waals surface area contributed by atoms with Crippen molar-refractivity contribution in [3.63, 3.8) is 0 Å². The quantitative estimate of drug-likeness (QED) is 0.872. The van der Waals surface area contributed by atoms with E-state index in [0.29, 0.717) is 33.7 Å². The Hall–Kier alpha value is -1.55. The van der Waals surface area contributed by atoms with Crippen molar-refractivity contribution in [2.24, 2.45) is 17.8 Å². The van der Waals surface area contributed by atoms with Gasteiger partial charge in [0, 0.05) is 5.02 Å². The molecule has 0 aliphatic heterocycles. The standard InChI is InChI=1S/C18H19ClN2O2/c19-13-1-2-15-14(6-13)16(22)21(17(23)20-15)18-7-10-3-11(8-18)5-12(4-10)9-18/h1-2,6,10-12H,3-5,7-9H2,(H,20,23). The Balaban J connectivity index is 1.77. The summed E-state index contributed by atoms with van der Waals surface area (Å²) in [4.78, 5) is 28.7. The van der Waals surface area contributed by atoms with Crippen LogP contribution < -0.4 is 11.2 Å². The molecule has 1 N–H and O–H groups in total. The third kappa shape index (κ3) is 1.90. The molecule has 0 atom stereocenters. The highest BCUT2D eigenvalue weighted by molar-refractivity contribution is 6.31. The third-order valence-corrected chi connectivity index (χ3v) is 6.58. The molecule has 5 heteroatoms.